The second-order valence-electron chi connectivity index (χ2n) is 6.31. The van der Waals surface area contributed by atoms with E-state index in [1.165, 1.54) is 64.2 Å². The Balaban J connectivity index is -0.000000201. The quantitative estimate of drug-likeness (QED) is 0.454. The topological polar surface area (TPSA) is 63.3 Å². The SMILES string of the molecule is CCC(=O)O.CCCCCCCCCCCC(C)(C)N.[H-].[Na+]. The van der Waals surface area contributed by atoms with E-state index in [4.69, 9.17) is 10.8 Å². The van der Waals surface area contributed by atoms with Crippen LogP contribution in [0.4, 0.5) is 0 Å². The first kappa shape index (κ1) is 26.3. The predicted molar refractivity (Wildman–Crippen MR) is 89.1 cm³/mol. The second-order valence-corrected chi connectivity index (χ2v) is 6.31. The molecule has 21 heavy (non-hydrogen) atoms. The van der Waals surface area contributed by atoms with Crippen LogP contribution in [-0.2, 0) is 4.79 Å². The Bertz CT molecular complexity index is 221. The molecule has 0 aliphatic carbocycles. The van der Waals surface area contributed by atoms with Crippen molar-refractivity contribution < 1.29 is 40.9 Å². The van der Waals surface area contributed by atoms with Crippen molar-refractivity contribution in [2.75, 3.05) is 0 Å². The van der Waals surface area contributed by atoms with Gasteiger partial charge in [0.15, 0.2) is 0 Å². The fraction of sp³-hybridized carbons (Fsp3) is 0.941. The van der Waals surface area contributed by atoms with E-state index in [-0.39, 0.29) is 42.9 Å². The zero-order chi connectivity index (χ0) is 15.9. The van der Waals surface area contributed by atoms with Crippen molar-refractivity contribution in [3.63, 3.8) is 0 Å². The van der Waals surface area contributed by atoms with Gasteiger partial charge in [0.1, 0.15) is 0 Å². The summed E-state index contributed by atoms with van der Waals surface area (Å²) in [5.74, 6) is -0.745. The summed E-state index contributed by atoms with van der Waals surface area (Å²) in [6, 6.07) is 0. The van der Waals surface area contributed by atoms with Crippen LogP contribution in [0.2, 0.25) is 0 Å². The number of aliphatic carboxylic acids is 1. The van der Waals surface area contributed by atoms with Crippen molar-refractivity contribution in [1.29, 1.82) is 0 Å². The van der Waals surface area contributed by atoms with Crippen molar-refractivity contribution in [2.24, 2.45) is 5.73 Å². The van der Waals surface area contributed by atoms with Crippen molar-refractivity contribution in [3.05, 3.63) is 0 Å². The molecule has 0 aromatic heterocycles. The van der Waals surface area contributed by atoms with Crippen LogP contribution in [0.5, 0.6) is 0 Å². The van der Waals surface area contributed by atoms with Crippen molar-refractivity contribution >= 4 is 5.97 Å². The molecule has 0 heterocycles. The molecule has 0 spiro atoms. The standard InChI is InChI=1S/C14H31N.C3H6O2.Na.H/c1-4-5-6-7-8-9-10-11-12-13-14(2,3)15;1-2-3(4)5;;/h4-13,15H2,1-3H3;2H2,1H3,(H,4,5);;/q;;+1;-1. The summed E-state index contributed by atoms with van der Waals surface area (Å²) in [5.41, 5.74) is 5.97. The second kappa shape index (κ2) is 18.5. The molecule has 0 amide bonds. The summed E-state index contributed by atoms with van der Waals surface area (Å²) >= 11 is 0. The van der Waals surface area contributed by atoms with Crippen LogP contribution in [0.1, 0.15) is 99.8 Å². The Hall–Kier alpha value is 0.430. The van der Waals surface area contributed by atoms with Gasteiger partial charge in [-0.3, -0.25) is 4.79 Å². The molecule has 0 unspecified atom stereocenters. The molecule has 3 N–H and O–H groups in total. The molecule has 0 aliphatic heterocycles. The maximum Gasteiger partial charge on any atom is 1.00 e. The minimum Gasteiger partial charge on any atom is -1.00 e. The largest absolute Gasteiger partial charge is 1.00 e. The maximum atomic E-state index is 9.37. The van der Waals surface area contributed by atoms with Crippen molar-refractivity contribution in [1.82, 2.24) is 0 Å². The Kier molecular flexibility index (Phi) is 23.2. The van der Waals surface area contributed by atoms with Gasteiger partial charge in [0.25, 0.3) is 0 Å². The van der Waals surface area contributed by atoms with Gasteiger partial charge in [-0.05, 0) is 20.3 Å². The van der Waals surface area contributed by atoms with E-state index in [0.717, 1.165) is 0 Å². The molecule has 0 saturated carbocycles. The first-order valence-corrected chi connectivity index (χ1v) is 8.34. The molecular weight excluding hydrogens is 273 g/mol. The molecule has 0 aromatic carbocycles. The Morgan fingerprint density at radius 3 is 1.57 bits per heavy atom. The molecule has 4 heteroatoms. The predicted octanol–water partition coefficient (Wildman–Crippen LogP) is 2.24. The first-order chi connectivity index (χ1) is 9.33. The average Bonchev–Trinajstić information content (AvgIpc) is 2.36. The zero-order valence-electron chi connectivity index (χ0n) is 16.2. The van der Waals surface area contributed by atoms with Gasteiger partial charge >= 0.3 is 35.5 Å². The average molecular weight is 311 g/mol. The minimum absolute atomic E-state index is 0. The number of hydrogen-bond acceptors (Lipinski definition) is 2. The van der Waals surface area contributed by atoms with Gasteiger partial charge in [-0.15, -0.1) is 0 Å². The van der Waals surface area contributed by atoms with Gasteiger partial charge in [0.2, 0.25) is 0 Å². The van der Waals surface area contributed by atoms with Crippen LogP contribution < -0.4 is 35.3 Å². The molecule has 0 rings (SSSR count). The number of nitrogens with two attached hydrogens (primary N) is 1. The van der Waals surface area contributed by atoms with Gasteiger partial charge in [-0.1, -0.05) is 71.6 Å². The number of unbranched alkanes of at least 4 members (excludes halogenated alkanes) is 8. The molecule has 0 aliphatic rings. The molecule has 0 fully saturated rings. The molecule has 0 aromatic rings. The molecule has 0 atom stereocenters. The maximum absolute atomic E-state index is 9.37. The van der Waals surface area contributed by atoms with E-state index in [0.29, 0.717) is 0 Å². The summed E-state index contributed by atoms with van der Waals surface area (Å²) in [6.07, 6.45) is 14.0. The number of hydrogen-bond donors (Lipinski definition) is 2. The summed E-state index contributed by atoms with van der Waals surface area (Å²) < 4.78 is 0. The van der Waals surface area contributed by atoms with Crippen LogP contribution >= 0.6 is 0 Å². The smallest absolute Gasteiger partial charge is 1.00 e. The zero-order valence-corrected chi connectivity index (χ0v) is 17.2. The van der Waals surface area contributed by atoms with Crippen LogP contribution in [0, 0.1) is 0 Å². The third-order valence-corrected chi connectivity index (χ3v) is 3.23. The van der Waals surface area contributed by atoms with Crippen LogP contribution in [-0.4, -0.2) is 16.6 Å². The molecule has 0 radical (unpaired) electrons. The normalized spacial score (nSPS) is 10.3. The number of carboxylic acids is 1. The number of carbonyl (C=O) groups is 1. The fourth-order valence-electron chi connectivity index (χ4n) is 1.89. The first-order valence-electron chi connectivity index (χ1n) is 8.34. The summed E-state index contributed by atoms with van der Waals surface area (Å²) in [5, 5.41) is 7.72. The Morgan fingerprint density at radius 2 is 1.29 bits per heavy atom. The van der Waals surface area contributed by atoms with E-state index in [9.17, 15) is 4.79 Å². The van der Waals surface area contributed by atoms with Gasteiger partial charge in [-0.25, -0.2) is 0 Å². The van der Waals surface area contributed by atoms with E-state index >= 15 is 0 Å². The van der Waals surface area contributed by atoms with Crippen molar-refractivity contribution in [3.8, 4) is 0 Å². The van der Waals surface area contributed by atoms with Crippen molar-refractivity contribution in [2.45, 2.75) is 104 Å². The number of carboxylic acid groups (broad SMARTS) is 1. The van der Waals surface area contributed by atoms with E-state index in [1.54, 1.807) is 6.92 Å². The summed E-state index contributed by atoms with van der Waals surface area (Å²) in [7, 11) is 0. The molecule has 0 bridgehead atoms. The Morgan fingerprint density at radius 1 is 0.952 bits per heavy atom. The molecule has 0 saturated heterocycles. The van der Waals surface area contributed by atoms with E-state index < -0.39 is 5.97 Å². The van der Waals surface area contributed by atoms with Gasteiger partial charge in [-0.2, -0.15) is 0 Å². The minimum atomic E-state index is -0.745. The molecular formula is C17H38NNaO2. The molecule has 124 valence electrons. The Labute approximate surface area is 156 Å². The van der Waals surface area contributed by atoms with Crippen LogP contribution in [0.3, 0.4) is 0 Å². The molecule has 3 nitrogen and oxygen atoms in total. The van der Waals surface area contributed by atoms with Gasteiger partial charge < -0.3 is 12.3 Å². The van der Waals surface area contributed by atoms with Crippen LogP contribution in [0.15, 0.2) is 0 Å². The summed E-state index contributed by atoms with van der Waals surface area (Å²) in [4.78, 5) is 9.37. The van der Waals surface area contributed by atoms with E-state index in [2.05, 4.69) is 20.8 Å². The van der Waals surface area contributed by atoms with Gasteiger partial charge in [0.05, 0.1) is 0 Å². The monoisotopic (exact) mass is 311 g/mol. The van der Waals surface area contributed by atoms with E-state index in [1.807, 2.05) is 0 Å². The van der Waals surface area contributed by atoms with Gasteiger partial charge in [0, 0.05) is 12.0 Å². The third kappa shape index (κ3) is 33.3. The fourth-order valence-corrected chi connectivity index (χ4v) is 1.89. The van der Waals surface area contributed by atoms with Crippen LogP contribution in [0.25, 0.3) is 0 Å². The summed E-state index contributed by atoms with van der Waals surface area (Å²) in [6.45, 7) is 8.12. The third-order valence-electron chi connectivity index (χ3n) is 3.23. The number of rotatable bonds is 11.